The van der Waals surface area contributed by atoms with Gasteiger partial charge < -0.3 is 15.5 Å². The van der Waals surface area contributed by atoms with Crippen molar-refractivity contribution in [3.63, 3.8) is 0 Å². The van der Waals surface area contributed by atoms with Crippen molar-refractivity contribution in [1.82, 2.24) is 0 Å². The fraction of sp³-hybridized carbons (Fsp3) is 0.200. The Bertz CT molecular complexity index is 552. The lowest BCUT2D eigenvalue weighted by Crippen LogP contribution is -2.14. The third-order valence-electron chi connectivity index (χ3n) is 2.84. The van der Waals surface area contributed by atoms with Crippen molar-refractivity contribution in [3.05, 3.63) is 59.4 Å². The summed E-state index contributed by atoms with van der Waals surface area (Å²) in [7, 11) is 0. The van der Waals surface area contributed by atoms with Gasteiger partial charge in [-0.2, -0.15) is 0 Å². The molecule has 3 N–H and O–H groups in total. The van der Waals surface area contributed by atoms with E-state index in [9.17, 15) is 14.6 Å². The highest BCUT2D eigenvalue weighted by molar-refractivity contribution is 5.48. The molecule has 0 aliphatic carbocycles. The van der Waals surface area contributed by atoms with E-state index in [-0.39, 0.29) is 18.2 Å². The van der Waals surface area contributed by atoms with Gasteiger partial charge in [-0.1, -0.05) is 12.1 Å². The number of phenolic OH excluding ortho intramolecular Hbond substituents is 1. The van der Waals surface area contributed by atoms with Gasteiger partial charge in [-0.3, -0.25) is 0 Å². The van der Waals surface area contributed by atoms with Crippen LogP contribution in [0.1, 0.15) is 17.2 Å². The summed E-state index contributed by atoms with van der Waals surface area (Å²) in [5.74, 6) is -0.191. The lowest BCUT2D eigenvalue weighted by Gasteiger charge is -2.18. The second-order valence-corrected chi connectivity index (χ2v) is 4.49. The predicted molar refractivity (Wildman–Crippen MR) is 72.7 cm³/mol. The zero-order valence-corrected chi connectivity index (χ0v) is 10.6. The van der Waals surface area contributed by atoms with Gasteiger partial charge in [0.25, 0.3) is 0 Å². The van der Waals surface area contributed by atoms with Gasteiger partial charge in [0.05, 0.1) is 12.6 Å². The van der Waals surface area contributed by atoms with Gasteiger partial charge in [0.15, 0.2) is 0 Å². The summed E-state index contributed by atoms with van der Waals surface area (Å²) in [6.07, 6.45) is 0. The van der Waals surface area contributed by atoms with Crippen LogP contribution in [0.25, 0.3) is 0 Å². The molecular weight excluding hydrogens is 245 g/mol. The number of rotatable bonds is 4. The number of anilines is 1. The number of nitrogens with one attached hydrogen (secondary N) is 1. The molecule has 0 bridgehead atoms. The van der Waals surface area contributed by atoms with Crippen molar-refractivity contribution in [1.29, 1.82) is 0 Å². The fourth-order valence-corrected chi connectivity index (χ4v) is 2.00. The highest BCUT2D eigenvalue weighted by Crippen LogP contribution is 2.23. The first-order valence-electron chi connectivity index (χ1n) is 6.02. The highest BCUT2D eigenvalue weighted by atomic mass is 19.1. The summed E-state index contributed by atoms with van der Waals surface area (Å²) < 4.78 is 13.3. The van der Waals surface area contributed by atoms with Gasteiger partial charge in [0.1, 0.15) is 11.6 Å². The number of hydrogen-bond donors (Lipinski definition) is 3. The molecule has 0 saturated carbocycles. The summed E-state index contributed by atoms with van der Waals surface area (Å²) in [4.78, 5) is 0. The second kappa shape index (κ2) is 5.71. The third-order valence-corrected chi connectivity index (χ3v) is 2.84. The van der Waals surface area contributed by atoms with E-state index < -0.39 is 6.04 Å². The zero-order valence-electron chi connectivity index (χ0n) is 10.6. The largest absolute Gasteiger partial charge is 0.508 e. The number of phenols is 1. The van der Waals surface area contributed by atoms with Crippen molar-refractivity contribution in [2.45, 2.75) is 13.0 Å². The summed E-state index contributed by atoms with van der Waals surface area (Å²) in [6.45, 7) is 1.65. The maximum Gasteiger partial charge on any atom is 0.125 e. The van der Waals surface area contributed by atoms with Crippen LogP contribution in [0.4, 0.5) is 10.1 Å². The van der Waals surface area contributed by atoms with Crippen molar-refractivity contribution in [2.75, 3.05) is 11.9 Å². The molecule has 3 nitrogen and oxygen atoms in total. The Hall–Kier alpha value is -2.07. The van der Waals surface area contributed by atoms with Gasteiger partial charge in [-0.15, -0.1) is 0 Å². The van der Waals surface area contributed by atoms with E-state index in [1.807, 2.05) is 0 Å². The van der Waals surface area contributed by atoms with Gasteiger partial charge >= 0.3 is 0 Å². The Morgan fingerprint density at radius 3 is 2.63 bits per heavy atom. The fourth-order valence-electron chi connectivity index (χ4n) is 2.00. The maximum absolute atomic E-state index is 13.3. The van der Waals surface area contributed by atoms with Gasteiger partial charge in [0, 0.05) is 5.69 Å². The van der Waals surface area contributed by atoms with Crippen LogP contribution in [0.5, 0.6) is 5.75 Å². The topological polar surface area (TPSA) is 52.5 Å². The first kappa shape index (κ1) is 13.4. The van der Waals surface area contributed by atoms with E-state index in [0.29, 0.717) is 5.69 Å². The second-order valence-electron chi connectivity index (χ2n) is 4.49. The molecule has 0 saturated heterocycles. The molecule has 0 aliphatic heterocycles. The minimum Gasteiger partial charge on any atom is -0.508 e. The summed E-state index contributed by atoms with van der Waals surface area (Å²) >= 11 is 0. The minimum absolute atomic E-state index is 0.133. The number of halogens is 1. The Morgan fingerprint density at radius 2 is 2.00 bits per heavy atom. The van der Waals surface area contributed by atoms with Crippen molar-refractivity contribution in [2.24, 2.45) is 0 Å². The monoisotopic (exact) mass is 261 g/mol. The van der Waals surface area contributed by atoms with Crippen LogP contribution >= 0.6 is 0 Å². The Labute approximate surface area is 111 Å². The van der Waals surface area contributed by atoms with Crippen LogP contribution in [0.3, 0.4) is 0 Å². The molecule has 0 aliphatic rings. The standard InChI is InChI=1S/C15H16FNO2/c1-10-5-12(16)8-13(6-10)17-15(9-18)11-3-2-4-14(19)7-11/h2-8,15,17-19H,9H2,1H3. The summed E-state index contributed by atoms with van der Waals surface area (Å²) in [6, 6.07) is 10.8. The van der Waals surface area contributed by atoms with Gasteiger partial charge in [-0.05, 0) is 48.4 Å². The van der Waals surface area contributed by atoms with Crippen molar-refractivity contribution >= 4 is 5.69 Å². The first-order valence-corrected chi connectivity index (χ1v) is 6.02. The van der Waals surface area contributed by atoms with Gasteiger partial charge in [0.2, 0.25) is 0 Å². The Morgan fingerprint density at radius 1 is 1.21 bits per heavy atom. The molecule has 0 aromatic heterocycles. The van der Waals surface area contributed by atoms with Crippen LogP contribution in [-0.2, 0) is 0 Å². The smallest absolute Gasteiger partial charge is 0.125 e. The molecule has 2 aromatic carbocycles. The molecule has 100 valence electrons. The van der Waals surface area contributed by atoms with E-state index in [2.05, 4.69) is 5.32 Å². The molecule has 0 spiro atoms. The van der Waals surface area contributed by atoms with Crippen LogP contribution in [-0.4, -0.2) is 16.8 Å². The Kier molecular flexibility index (Phi) is 4.02. The molecule has 0 fully saturated rings. The molecule has 4 heteroatoms. The first-order chi connectivity index (χ1) is 9.08. The molecular formula is C15H16FNO2. The van der Waals surface area contributed by atoms with E-state index in [1.165, 1.54) is 12.1 Å². The molecule has 0 radical (unpaired) electrons. The van der Waals surface area contributed by atoms with Gasteiger partial charge in [-0.25, -0.2) is 4.39 Å². The average Bonchev–Trinajstić information content (AvgIpc) is 2.34. The SMILES string of the molecule is Cc1cc(F)cc(NC(CO)c2cccc(O)c2)c1. The van der Waals surface area contributed by atoms with Crippen molar-refractivity contribution in [3.8, 4) is 5.75 Å². The Balaban J connectivity index is 2.23. The zero-order chi connectivity index (χ0) is 13.8. The molecule has 0 amide bonds. The predicted octanol–water partition coefficient (Wildman–Crippen LogP) is 2.99. The van der Waals surface area contributed by atoms with Crippen LogP contribution in [0.2, 0.25) is 0 Å². The molecule has 2 rings (SSSR count). The number of aryl methyl sites for hydroxylation is 1. The third kappa shape index (κ3) is 3.45. The maximum atomic E-state index is 13.3. The van der Waals surface area contributed by atoms with E-state index in [0.717, 1.165) is 11.1 Å². The molecule has 19 heavy (non-hydrogen) atoms. The summed E-state index contributed by atoms with van der Waals surface area (Å²) in [5, 5.41) is 21.9. The van der Waals surface area contributed by atoms with E-state index in [1.54, 1.807) is 37.3 Å². The van der Waals surface area contributed by atoms with E-state index >= 15 is 0 Å². The normalized spacial score (nSPS) is 12.2. The molecule has 0 heterocycles. The number of benzene rings is 2. The minimum atomic E-state index is -0.395. The molecule has 2 aromatic rings. The average molecular weight is 261 g/mol. The number of aromatic hydroxyl groups is 1. The molecule has 1 atom stereocenters. The van der Waals surface area contributed by atoms with Crippen LogP contribution < -0.4 is 5.32 Å². The lowest BCUT2D eigenvalue weighted by molar-refractivity contribution is 0.276. The summed E-state index contributed by atoms with van der Waals surface area (Å²) in [5.41, 5.74) is 2.14. The van der Waals surface area contributed by atoms with E-state index in [4.69, 9.17) is 0 Å². The number of aliphatic hydroxyl groups excluding tert-OH is 1. The number of aliphatic hydroxyl groups is 1. The van der Waals surface area contributed by atoms with Crippen LogP contribution in [0.15, 0.2) is 42.5 Å². The number of hydrogen-bond acceptors (Lipinski definition) is 3. The molecule has 1 unspecified atom stereocenters. The highest BCUT2D eigenvalue weighted by Gasteiger charge is 2.11. The van der Waals surface area contributed by atoms with Crippen molar-refractivity contribution < 1.29 is 14.6 Å². The quantitative estimate of drug-likeness (QED) is 0.793. The lowest BCUT2D eigenvalue weighted by atomic mass is 10.1. The van der Waals surface area contributed by atoms with Crippen LogP contribution in [0, 0.1) is 12.7 Å².